The van der Waals surface area contributed by atoms with Crippen molar-refractivity contribution in [3.8, 4) is 5.75 Å². The van der Waals surface area contributed by atoms with Gasteiger partial charge in [0.15, 0.2) is 5.78 Å². The third kappa shape index (κ3) is 4.79. The lowest BCUT2D eigenvalue weighted by Gasteiger charge is -2.62. The first-order valence-corrected chi connectivity index (χ1v) is 16.1. The smallest absolute Gasteiger partial charge is 0.303 e. The maximum atomic E-state index is 14.4. The fraction of sp³-hybridized carbons (Fsp3) is 0.459. The highest BCUT2D eigenvalue weighted by Crippen LogP contribution is 2.70. The number of ketones is 1. The van der Waals surface area contributed by atoms with Gasteiger partial charge < -0.3 is 20.1 Å². The van der Waals surface area contributed by atoms with Gasteiger partial charge in [0.1, 0.15) is 5.75 Å². The van der Waals surface area contributed by atoms with Crippen molar-refractivity contribution in [2.24, 2.45) is 11.3 Å². The van der Waals surface area contributed by atoms with Crippen LogP contribution in [0.25, 0.3) is 0 Å². The summed E-state index contributed by atoms with van der Waals surface area (Å²) >= 11 is 0. The molecule has 2 saturated heterocycles. The third-order valence-corrected chi connectivity index (χ3v) is 11.0. The van der Waals surface area contributed by atoms with E-state index in [-0.39, 0.29) is 30.5 Å². The summed E-state index contributed by atoms with van der Waals surface area (Å²) < 4.78 is 6.25. The van der Waals surface area contributed by atoms with E-state index in [4.69, 9.17) is 4.74 Å². The van der Waals surface area contributed by atoms with Crippen molar-refractivity contribution in [3.63, 3.8) is 0 Å². The van der Waals surface area contributed by atoms with Crippen LogP contribution in [-0.4, -0.2) is 60.6 Å². The Balaban J connectivity index is 1.21. The first kappa shape index (κ1) is 28.3. The van der Waals surface area contributed by atoms with Gasteiger partial charge in [-0.3, -0.25) is 9.59 Å². The third-order valence-electron chi connectivity index (χ3n) is 11.0. The Labute approximate surface area is 254 Å². The quantitative estimate of drug-likeness (QED) is 0.289. The molecular formula is C37H42N2O4. The van der Waals surface area contributed by atoms with E-state index in [2.05, 4.69) is 58.7 Å². The van der Waals surface area contributed by atoms with Crippen molar-refractivity contribution >= 4 is 11.8 Å². The largest absolute Gasteiger partial charge is 0.493 e. The summed E-state index contributed by atoms with van der Waals surface area (Å²) in [6.07, 6.45) is 5.68. The van der Waals surface area contributed by atoms with E-state index in [0.29, 0.717) is 13.2 Å². The number of ether oxygens (including phenoxy) is 1. The van der Waals surface area contributed by atoms with E-state index >= 15 is 0 Å². The molecule has 5 aliphatic rings. The van der Waals surface area contributed by atoms with Gasteiger partial charge >= 0.3 is 5.97 Å². The van der Waals surface area contributed by atoms with Gasteiger partial charge in [0.2, 0.25) is 0 Å². The van der Waals surface area contributed by atoms with Crippen molar-refractivity contribution < 1.29 is 19.4 Å². The molecule has 2 N–H and O–H groups in total. The number of fused-ring (bicyclic) bond motifs is 1. The molecule has 0 spiro atoms. The number of Topliss-reactive ketones (excluding diaryl/α,β-unsaturated/α-hetero) is 1. The van der Waals surface area contributed by atoms with Gasteiger partial charge in [-0.25, -0.2) is 0 Å². The van der Waals surface area contributed by atoms with E-state index in [0.717, 1.165) is 37.1 Å². The fourth-order valence-corrected chi connectivity index (χ4v) is 9.42. The molecule has 2 bridgehead atoms. The molecule has 6 heteroatoms. The number of hydrogen-bond acceptors (Lipinski definition) is 5. The molecule has 0 aromatic heterocycles. The topological polar surface area (TPSA) is 78.9 Å². The Bertz CT molecular complexity index is 1480. The number of carboxylic acid groups (broad SMARTS) is 1. The molecule has 0 radical (unpaired) electrons. The lowest BCUT2D eigenvalue weighted by atomic mass is 9.40. The predicted molar refractivity (Wildman–Crippen MR) is 167 cm³/mol. The number of aliphatic carboxylic acids is 1. The molecule has 5 atom stereocenters. The minimum atomic E-state index is -0.791. The fourth-order valence-electron chi connectivity index (χ4n) is 9.42. The first-order chi connectivity index (χ1) is 21.0. The highest BCUT2D eigenvalue weighted by atomic mass is 16.5. The van der Waals surface area contributed by atoms with Gasteiger partial charge in [-0.05, 0) is 73.9 Å². The Morgan fingerprint density at radius 3 is 2.51 bits per heavy atom. The van der Waals surface area contributed by atoms with Gasteiger partial charge in [0, 0.05) is 41.8 Å². The zero-order chi connectivity index (χ0) is 29.4. The monoisotopic (exact) mass is 578 g/mol. The van der Waals surface area contributed by atoms with Crippen molar-refractivity contribution in [1.82, 2.24) is 10.2 Å². The van der Waals surface area contributed by atoms with E-state index in [9.17, 15) is 14.7 Å². The normalized spacial score (nSPS) is 29.3. The number of carboxylic acids is 1. The van der Waals surface area contributed by atoms with E-state index in [1.807, 2.05) is 30.3 Å². The van der Waals surface area contributed by atoms with Gasteiger partial charge in [-0.1, -0.05) is 72.8 Å². The molecule has 224 valence electrons. The average Bonchev–Trinajstić information content (AvgIpc) is 3.70. The SMILES string of the molecule is O=C(O)CC12CNC(C(=O)Cc3ccccc3OCCCN3CCCC3)C1C1(c3ccccc3)CCC2c2ccccc21. The number of carbonyl (C=O) groups excluding carboxylic acids is 1. The summed E-state index contributed by atoms with van der Waals surface area (Å²) in [5.41, 5.74) is 3.65. The molecule has 3 aromatic rings. The van der Waals surface area contributed by atoms with E-state index in [1.54, 1.807) is 0 Å². The van der Waals surface area contributed by atoms with Crippen LogP contribution in [0.5, 0.6) is 5.75 Å². The molecule has 1 saturated carbocycles. The Hall–Kier alpha value is -3.48. The van der Waals surface area contributed by atoms with Crippen molar-refractivity contribution in [1.29, 1.82) is 0 Å². The van der Waals surface area contributed by atoms with Gasteiger partial charge in [0.05, 0.1) is 19.1 Å². The highest BCUT2D eigenvalue weighted by Gasteiger charge is 2.69. The van der Waals surface area contributed by atoms with Crippen LogP contribution in [0.2, 0.25) is 0 Å². The van der Waals surface area contributed by atoms with Crippen LogP contribution in [0.3, 0.4) is 0 Å². The van der Waals surface area contributed by atoms with Gasteiger partial charge in [-0.2, -0.15) is 0 Å². The maximum absolute atomic E-state index is 14.4. The minimum absolute atomic E-state index is 0.0543. The Morgan fingerprint density at radius 2 is 1.70 bits per heavy atom. The van der Waals surface area contributed by atoms with Crippen molar-refractivity contribution in [2.45, 2.75) is 62.3 Å². The molecule has 3 aromatic carbocycles. The second kappa shape index (κ2) is 11.5. The van der Waals surface area contributed by atoms with E-state index in [1.165, 1.54) is 42.6 Å². The molecular weight excluding hydrogens is 536 g/mol. The molecule has 2 aliphatic heterocycles. The molecule has 6 nitrogen and oxygen atoms in total. The van der Waals surface area contributed by atoms with Crippen LogP contribution < -0.4 is 10.1 Å². The molecule has 3 fully saturated rings. The summed E-state index contributed by atoms with van der Waals surface area (Å²) in [7, 11) is 0. The average molecular weight is 579 g/mol. The van der Waals surface area contributed by atoms with Crippen LogP contribution in [0.15, 0.2) is 78.9 Å². The second-order valence-electron chi connectivity index (χ2n) is 13.2. The lowest BCUT2D eigenvalue weighted by molar-refractivity contribution is -0.143. The molecule has 43 heavy (non-hydrogen) atoms. The zero-order valence-corrected chi connectivity index (χ0v) is 24.8. The van der Waals surface area contributed by atoms with Crippen LogP contribution in [0.4, 0.5) is 0 Å². The number of carbonyl (C=O) groups is 2. The van der Waals surface area contributed by atoms with Crippen LogP contribution in [0.1, 0.15) is 66.7 Å². The number of para-hydroxylation sites is 1. The van der Waals surface area contributed by atoms with Crippen LogP contribution >= 0.6 is 0 Å². The zero-order valence-electron chi connectivity index (χ0n) is 24.8. The summed E-state index contributed by atoms with van der Waals surface area (Å²) in [5.74, 6) is 0.0481. The number of nitrogens with zero attached hydrogens (tertiary/aromatic N) is 1. The highest BCUT2D eigenvalue weighted by molar-refractivity contribution is 5.88. The standard InChI is InChI=1S/C37H42N2O4/c40-31(23-26-11-4-7-16-32(26)43-22-10-21-39-19-8-9-20-39)34-35-36(25-38-34,24-33(41)42)29-17-18-37(35,27-12-2-1-3-13-27)30-15-6-5-14-28(29)30/h1-7,11-16,29,34-35,38H,8-10,17-25H2,(H,41,42). The summed E-state index contributed by atoms with van der Waals surface area (Å²) in [6, 6.07) is 26.6. The van der Waals surface area contributed by atoms with Gasteiger partial charge in [0.25, 0.3) is 0 Å². The van der Waals surface area contributed by atoms with Crippen molar-refractivity contribution in [3.05, 3.63) is 101 Å². The number of likely N-dealkylation sites (tertiary alicyclic amines) is 1. The molecule has 2 heterocycles. The summed E-state index contributed by atoms with van der Waals surface area (Å²) in [6.45, 7) is 4.57. The predicted octanol–water partition coefficient (Wildman–Crippen LogP) is 5.59. The van der Waals surface area contributed by atoms with Gasteiger partial charge in [-0.15, -0.1) is 0 Å². The van der Waals surface area contributed by atoms with Crippen molar-refractivity contribution in [2.75, 3.05) is 32.8 Å². The Morgan fingerprint density at radius 1 is 0.953 bits per heavy atom. The van der Waals surface area contributed by atoms with Crippen LogP contribution in [-0.2, 0) is 21.4 Å². The first-order valence-electron chi connectivity index (χ1n) is 16.1. The second-order valence-corrected chi connectivity index (χ2v) is 13.2. The summed E-state index contributed by atoms with van der Waals surface area (Å²) in [4.78, 5) is 29.5. The van der Waals surface area contributed by atoms with Crippen LogP contribution in [0, 0.1) is 11.3 Å². The maximum Gasteiger partial charge on any atom is 0.303 e. The summed E-state index contributed by atoms with van der Waals surface area (Å²) in [5, 5.41) is 13.9. The molecule has 0 amide bonds. The molecule has 5 unspecified atom stereocenters. The lowest BCUT2D eigenvalue weighted by Crippen LogP contribution is -2.60. The molecule has 8 rings (SSSR count). The minimum Gasteiger partial charge on any atom is -0.493 e. The number of nitrogens with one attached hydrogen (secondary N) is 1. The Kier molecular flexibility index (Phi) is 7.60. The number of rotatable bonds is 11. The molecule has 3 aliphatic carbocycles. The number of benzene rings is 3. The number of hydrogen-bond donors (Lipinski definition) is 2. The van der Waals surface area contributed by atoms with E-state index < -0.39 is 22.8 Å².